The molecule has 0 N–H and O–H groups in total. The summed E-state index contributed by atoms with van der Waals surface area (Å²) < 4.78 is 0. The van der Waals surface area contributed by atoms with Gasteiger partial charge in [-0.05, 0) is 35.4 Å². The fourth-order valence-electron chi connectivity index (χ4n) is 1.68. The van der Waals surface area contributed by atoms with Gasteiger partial charge in [-0.25, -0.2) is 0 Å². The first-order valence-corrected chi connectivity index (χ1v) is 7.30. The van der Waals surface area contributed by atoms with Crippen LogP contribution < -0.4 is 0 Å². The van der Waals surface area contributed by atoms with E-state index in [-0.39, 0.29) is 0 Å². The third kappa shape index (κ3) is 6.51. The summed E-state index contributed by atoms with van der Waals surface area (Å²) in [5.74, 6) is 0.649. The molecule has 0 radical (unpaired) electrons. The minimum absolute atomic E-state index is 0.649. The quantitative estimate of drug-likeness (QED) is 0.605. The molecule has 1 aromatic carbocycles. The summed E-state index contributed by atoms with van der Waals surface area (Å²) in [4.78, 5) is 0. The molecule has 0 heterocycles. The fourth-order valence-corrected chi connectivity index (χ4v) is 1.68. The molecule has 1 rings (SSSR count). The smallest absolute Gasteiger partial charge is 0.0219 e. The maximum absolute atomic E-state index is 2.36. The van der Waals surface area contributed by atoms with Crippen molar-refractivity contribution in [1.29, 1.82) is 0 Å². The molecule has 0 saturated carbocycles. The van der Waals surface area contributed by atoms with Gasteiger partial charge < -0.3 is 0 Å². The highest BCUT2D eigenvalue weighted by Gasteiger charge is 2.03. The van der Waals surface area contributed by atoms with Crippen molar-refractivity contribution in [2.24, 2.45) is 0 Å². The van der Waals surface area contributed by atoms with Gasteiger partial charge in [0.05, 0.1) is 0 Å². The summed E-state index contributed by atoms with van der Waals surface area (Å²) in [6, 6.07) is 6.92. The molecule has 0 nitrogen and oxygen atoms in total. The standard InChI is InChI=1S/C13H20.2C2H6/c1-5-11-7-8-13(10(3)4)9-12(11)6-2;2*1-2/h7-10H,5-6H2,1-4H3;2*1-2H3. The van der Waals surface area contributed by atoms with Crippen LogP contribution in [0.3, 0.4) is 0 Å². The van der Waals surface area contributed by atoms with Gasteiger partial charge in [0, 0.05) is 0 Å². The Morgan fingerprint density at radius 1 is 0.824 bits per heavy atom. The predicted octanol–water partition coefficient (Wildman–Crippen LogP) is 5.99. The SMILES string of the molecule is CC.CC.CCc1ccc(C(C)C)cc1CC. The minimum Gasteiger partial charge on any atom is -0.0683 e. The topological polar surface area (TPSA) is 0 Å². The molecule has 0 spiro atoms. The number of rotatable bonds is 3. The van der Waals surface area contributed by atoms with Crippen LogP contribution in [0.2, 0.25) is 0 Å². The third-order valence-electron chi connectivity index (χ3n) is 2.66. The minimum atomic E-state index is 0.649. The normalized spacial score (nSPS) is 9.00. The molecule has 100 valence electrons. The Hall–Kier alpha value is -0.780. The zero-order valence-corrected chi connectivity index (χ0v) is 13.2. The van der Waals surface area contributed by atoms with Gasteiger partial charge in [0.1, 0.15) is 0 Å². The van der Waals surface area contributed by atoms with Gasteiger partial charge in [-0.15, -0.1) is 0 Å². The van der Waals surface area contributed by atoms with E-state index in [0.717, 1.165) is 12.8 Å². The maximum Gasteiger partial charge on any atom is -0.0219 e. The van der Waals surface area contributed by atoms with Crippen molar-refractivity contribution in [3.8, 4) is 0 Å². The monoisotopic (exact) mass is 236 g/mol. The van der Waals surface area contributed by atoms with Gasteiger partial charge in [0.15, 0.2) is 0 Å². The molecule has 0 aliphatic heterocycles. The van der Waals surface area contributed by atoms with E-state index in [1.54, 1.807) is 0 Å². The van der Waals surface area contributed by atoms with Crippen molar-refractivity contribution >= 4 is 0 Å². The van der Waals surface area contributed by atoms with E-state index >= 15 is 0 Å². The Morgan fingerprint density at radius 2 is 1.29 bits per heavy atom. The lowest BCUT2D eigenvalue weighted by Gasteiger charge is -2.11. The van der Waals surface area contributed by atoms with Crippen LogP contribution in [0.1, 0.15) is 78.0 Å². The zero-order valence-electron chi connectivity index (χ0n) is 13.2. The van der Waals surface area contributed by atoms with Crippen LogP contribution in [0.4, 0.5) is 0 Å². The fraction of sp³-hybridized carbons (Fsp3) is 0.647. The lowest BCUT2D eigenvalue weighted by Crippen LogP contribution is -1.95. The predicted molar refractivity (Wildman–Crippen MR) is 82.0 cm³/mol. The molecular formula is C17H32. The molecule has 0 aromatic heterocycles. The van der Waals surface area contributed by atoms with Gasteiger partial charge in [-0.1, -0.05) is 73.6 Å². The van der Waals surface area contributed by atoms with Crippen LogP contribution in [0.25, 0.3) is 0 Å². The molecule has 1 aromatic rings. The average Bonchev–Trinajstić information content (AvgIpc) is 2.42. The number of hydrogen-bond donors (Lipinski definition) is 0. The molecule has 17 heavy (non-hydrogen) atoms. The van der Waals surface area contributed by atoms with Crippen molar-refractivity contribution in [2.75, 3.05) is 0 Å². The van der Waals surface area contributed by atoms with Crippen LogP contribution in [-0.4, -0.2) is 0 Å². The molecule has 0 amide bonds. The summed E-state index contributed by atoms with van der Waals surface area (Å²) in [6.07, 6.45) is 2.31. The summed E-state index contributed by atoms with van der Waals surface area (Å²) >= 11 is 0. The highest BCUT2D eigenvalue weighted by Crippen LogP contribution is 2.19. The Bertz CT molecular complexity index is 271. The molecule has 0 saturated heterocycles. The lowest BCUT2D eigenvalue weighted by atomic mass is 9.95. The van der Waals surface area contributed by atoms with Crippen LogP contribution in [0.15, 0.2) is 18.2 Å². The van der Waals surface area contributed by atoms with Gasteiger partial charge in [0.25, 0.3) is 0 Å². The van der Waals surface area contributed by atoms with E-state index in [2.05, 4.69) is 45.9 Å². The lowest BCUT2D eigenvalue weighted by molar-refractivity contribution is 0.858. The largest absolute Gasteiger partial charge is 0.0683 e. The molecule has 0 bridgehead atoms. The average molecular weight is 236 g/mol. The Kier molecular flexibility index (Phi) is 12.8. The van der Waals surface area contributed by atoms with Crippen LogP contribution in [-0.2, 0) is 12.8 Å². The first-order valence-electron chi connectivity index (χ1n) is 7.30. The van der Waals surface area contributed by atoms with E-state index in [4.69, 9.17) is 0 Å². The summed E-state index contributed by atoms with van der Waals surface area (Å²) in [6.45, 7) is 17.0. The van der Waals surface area contributed by atoms with E-state index in [1.807, 2.05) is 27.7 Å². The van der Waals surface area contributed by atoms with Gasteiger partial charge in [-0.2, -0.15) is 0 Å². The molecule has 0 atom stereocenters. The third-order valence-corrected chi connectivity index (χ3v) is 2.66. The highest BCUT2D eigenvalue weighted by molar-refractivity contribution is 5.33. The second-order valence-electron chi connectivity index (χ2n) is 3.89. The molecule has 0 unspecified atom stereocenters. The van der Waals surface area contributed by atoms with Gasteiger partial charge >= 0.3 is 0 Å². The first kappa shape index (κ1) is 18.6. The Labute approximate surface area is 109 Å². The number of hydrogen-bond acceptors (Lipinski definition) is 0. The number of benzene rings is 1. The van der Waals surface area contributed by atoms with Crippen molar-refractivity contribution in [3.63, 3.8) is 0 Å². The Morgan fingerprint density at radius 3 is 1.65 bits per heavy atom. The maximum atomic E-state index is 2.36. The summed E-state index contributed by atoms with van der Waals surface area (Å²) in [7, 11) is 0. The molecule has 0 aliphatic rings. The summed E-state index contributed by atoms with van der Waals surface area (Å²) in [5, 5.41) is 0. The van der Waals surface area contributed by atoms with Crippen LogP contribution >= 0.6 is 0 Å². The van der Waals surface area contributed by atoms with Crippen LogP contribution in [0, 0.1) is 0 Å². The molecular weight excluding hydrogens is 204 g/mol. The van der Waals surface area contributed by atoms with Crippen molar-refractivity contribution in [1.82, 2.24) is 0 Å². The molecule has 0 heteroatoms. The van der Waals surface area contributed by atoms with Gasteiger partial charge in [-0.3, -0.25) is 0 Å². The molecule has 0 fully saturated rings. The van der Waals surface area contributed by atoms with E-state index in [9.17, 15) is 0 Å². The van der Waals surface area contributed by atoms with Crippen molar-refractivity contribution in [3.05, 3.63) is 34.9 Å². The first-order chi connectivity index (χ1) is 8.19. The van der Waals surface area contributed by atoms with E-state index < -0.39 is 0 Å². The number of aryl methyl sites for hydroxylation is 2. The van der Waals surface area contributed by atoms with Gasteiger partial charge in [0.2, 0.25) is 0 Å². The second kappa shape index (κ2) is 11.7. The van der Waals surface area contributed by atoms with E-state index in [0.29, 0.717) is 5.92 Å². The van der Waals surface area contributed by atoms with Crippen molar-refractivity contribution < 1.29 is 0 Å². The Balaban J connectivity index is 0. The zero-order chi connectivity index (χ0) is 13.8. The second-order valence-corrected chi connectivity index (χ2v) is 3.89. The van der Waals surface area contributed by atoms with Crippen molar-refractivity contribution in [2.45, 2.75) is 74.1 Å². The van der Waals surface area contributed by atoms with E-state index in [1.165, 1.54) is 16.7 Å². The summed E-state index contributed by atoms with van der Waals surface area (Å²) in [5.41, 5.74) is 4.50. The highest BCUT2D eigenvalue weighted by atomic mass is 14.1. The molecule has 0 aliphatic carbocycles. The van der Waals surface area contributed by atoms with Crippen LogP contribution in [0.5, 0.6) is 0 Å².